The predicted octanol–water partition coefficient (Wildman–Crippen LogP) is 3.36. The maximum Gasteiger partial charge on any atom is 0.254 e. The van der Waals surface area contributed by atoms with Gasteiger partial charge in [-0.2, -0.15) is 5.10 Å². The van der Waals surface area contributed by atoms with Gasteiger partial charge in [0, 0.05) is 13.1 Å². The molecule has 1 amide bonds. The van der Waals surface area contributed by atoms with Gasteiger partial charge in [-0.15, -0.1) is 0 Å². The van der Waals surface area contributed by atoms with Crippen LogP contribution in [0.2, 0.25) is 0 Å². The van der Waals surface area contributed by atoms with Gasteiger partial charge < -0.3 is 14.2 Å². The number of nitrogens with zero attached hydrogens (tertiary/aromatic N) is 2. The number of nitrogens with one attached hydrogen (secondary N) is 1. The number of carbonyl (C=O) groups excluding carboxylic acids is 1. The van der Waals surface area contributed by atoms with E-state index in [0.29, 0.717) is 44.5 Å². The molecule has 166 valence electrons. The van der Waals surface area contributed by atoms with Crippen LogP contribution in [0.15, 0.2) is 41.5 Å². The van der Waals surface area contributed by atoms with E-state index in [4.69, 9.17) is 14.2 Å². The highest BCUT2D eigenvalue weighted by Crippen LogP contribution is 2.34. The summed E-state index contributed by atoms with van der Waals surface area (Å²) < 4.78 is 18.1. The molecule has 0 bridgehead atoms. The molecule has 1 saturated heterocycles. The number of hydrogen-bond donors (Lipinski definition) is 1. The molecular formula is C23H28IN3O4. The van der Waals surface area contributed by atoms with Crippen molar-refractivity contribution in [2.75, 3.05) is 39.5 Å². The zero-order valence-corrected chi connectivity index (χ0v) is 20.1. The zero-order chi connectivity index (χ0) is 22.1. The summed E-state index contributed by atoms with van der Waals surface area (Å²) in [6.45, 7) is 8.14. The molecule has 1 N–H and O–H groups in total. The molecule has 0 aromatic heterocycles. The summed E-state index contributed by atoms with van der Waals surface area (Å²) in [6.07, 6.45) is 1.62. The van der Waals surface area contributed by atoms with E-state index in [0.717, 1.165) is 27.8 Å². The van der Waals surface area contributed by atoms with Crippen LogP contribution in [0.25, 0.3) is 0 Å². The van der Waals surface area contributed by atoms with Gasteiger partial charge in [-0.25, -0.2) is 5.43 Å². The van der Waals surface area contributed by atoms with E-state index in [2.05, 4.69) is 52.2 Å². The van der Waals surface area contributed by atoms with Gasteiger partial charge in [-0.1, -0.05) is 29.8 Å². The highest BCUT2D eigenvalue weighted by molar-refractivity contribution is 14.1. The minimum Gasteiger partial charge on any atom is -0.490 e. The number of hydrogen-bond acceptors (Lipinski definition) is 6. The molecule has 0 saturated carbocycles. The lowest BCUT2D eigenvalue weighted by molar-refractivity contribution is -0.123. The van der Waals surface area contributed by atoms with Gasteiger partial charge in [0.2, 0.25) is 0 Å². The number of benzene rings is 2. The van der Waals surface area contributed by atoms with Crippen molar-refractivity contribution >= 4 is 34.7 Å². The number of ether oxygens (including phenoxy) is 3. The van der Waals surface area contributed by atoms with E-state index in [1.807, 2.05) is 36.1 Å². The van der Waals surface area contributed by atoms with Crippen molar-refractivity contribution in [2.24, 2.45) is 5.10 Å². The topological polar surface area (TPSA) is 72.4 Å². The summed E-state index contributed by atoms with van der Waals surface area (Å²) in [7, 11) is 0. The Morgan fingerprint density at radius 3 is 2.81 bits per heavy atom. The molecule has 0 unspecified atom stereocenters. The molecule has 0 aliphatic carbocycles. The smallest absolute Gasteiger partial charge is 0.254 e. The van der Waals surface area contributed by atoms with Crippen molar-refractivity contribution in [1.82, 2.24) is 10.3 Å². The Morgan fingerprint density at radius 2 is 2.06 bits per heavy atom. The van der Waals surface area contributed by atoms with Crippen molar-refractivity contribution < 1.29 is 19.0 Å². The average molecular weight is 537 g/mol. The van der Waals surface area contributed by atoms with E-state index < -0.39 is 0 Å². The second kappa shape index (κ2) is 12.0. The van der Waals surface area contributed by atoms with E-state index in [1.54, 1.807) is 6.21 Å². The maximum absolute atomic E-state index is 12.1. The highest BCUT2D eigenvalue weighted by Gasteiger charge is 2.14. The molecule has 0 atom stereocenters. The van der Waals surface area contributed by atoms with Crippen molar-refractivity contribution in [3.05, 3.63) is 56.7 Å². The summed E-state index contributed by atoms with van der Waals surface area (Å²) in [6, 6.07) is 12.1. The fraction of sp³-hybridized carbons (Fsp3) is 0.391. The molecule has 3 rings (SSSR count). The van der Waals surface area contributed by atoms with Crippen LogP contribution in [0.5, 0.6) is 11.5 Å². The Hall–Kier alpha value is -2.17. The zero-order valence-electron chi connectivity index (χ0n) is 17.9. The minimum atomic E-state index is -0.143. The molecule has 1 fully saturated rings. The van der Waals surface area contributed by atoms with Crippen LogP contribution < -0.4 is 14.9 Å². The first-order valence-electron chi connectivity index (χ1n) is 10.3. The minimum absolute atomic E-state index is 0.143. The number of halogens is 1. The van der Waals surface area contributed by atoms with Crippen LogP contribution in [-0.4, -0.2) is 56.5 Å². The van der Waals surface area contributed by atoms with Gasteiger partial charge >= 0.3 is 0 Å². The Bertz CT molecular complexity index is 914. The molecule has 1 aliphatic rings. The van der Waals surface area contributed by atoms with Crippen molar-refractivity contribution in [1.29, 1.82) is 0 Å². The number of hydrazone groups is 1. The lowest BCUT2D eigenvalue weighted by Gasteiger charge is -2.25. The van der Waals surface area contributed by atoms with Gasteiger partial charge in [-0.3, -0.25) is 9.69 Å². The summed E-state index contributed by atoms with van der Waals surface area (Å²) in [5.41, 5.74) is 5.71. The summed E-state index contributed by atoms with van der Waals surface area (Å²) in [5, 5.41) is 4.10. The first kappa shape index (κ1) is 23.5. The number of amides is 1. The standard InChI is InChI=1S/C23H28IN3O4/c1-3-30-21-13-19(14-25-26-22(28)15-27-7-9-29-10-8-27)12-20(24)23(21)31-16-18-6-4-5-17(2)11-18/h4-6,11-14H,3,7-10,15-16H2,1-2H3,(H,26,28)/b25-14+. The quantitative estimate of drug-likeness (QED) is 0.302. The Morgan fingerprint density at radius 1 is 1.26 bits per heavy atom. The van der Waals surface area contributed by atoms with Crippen LogP contribution in [0, 0.1) is 10.5 Å². The fourth-order valence-corrected chi connectivity index (χ4v) is 3.98. The number of rotatable bonds is 9. The second-order valence-corrected chi connectivity index (χ2v) is 8.38. The maximum atomic E-state index is 12.1. The summed E-state index contributed by atoms with van der Waals surface area (Å²) in [5.74, 6) is 1.22. The molecule has 1 aliphatic heterocycles. The first-order valence-corrected chi connectivity index (χ1v) is 11.4. The van der Waals surface area contributed by atoms with E-state index in [1.165, 1.54) is 5.56 Å². The van der Waals surface area contributed by atoms with Crippen molar-refractivity contribution in [2.45, 2.75) is 20.5 Å². The van der Waals surface area contributed by atoms with Gasteiger partial charge in [-0.05, 0) is 59.7 Å². The molecular weight excluding hydrogens is 509 g/mol. The number of carbonyl (C=O) groups is 1. The molecule has 0 radical (unpaired) electrons. The van der Waals surface area contributed by atoms with Gasteiger partial charge in [0.15, 0.2) is 11.5 Å². The molecule has 1 heterocycles. The molecule has 8 heteroatoms. The molecule has 31 heavy (non-hydrogen) atoms. The molecule has 0 spiro atoms. The van der Waals surface area contributed by atoms with E-state index in [-0.39, 0.29) is 5.91 Å². The monoisotopic (exact) mass is 537 g/mol. The largest absolute Gasteiger partial charge is 0.490 e. The van der Waals surface area contributed by atoms with Crippen LogP contribution in [0.1, 0.15) is 23.6 Å². The molecule has 7 nitrogen and oxygen atoms in total. The number of morpholine rings is 1. The fourth-order valence-electron chi connectivity index (χ4n) is 3.20. The third kappa shape index (κ3) is 7.48. The van der Waals surface area contributed by atoms with E-state index in [9.17, 15) is 4.79 Å². The Labute approximate surface area is 196 Å². The Balaban J connectivity index is 1.63. The molecule has 2 aromatic carbocycles. The van der Waals surface area contributed by atoms with Gasteiger partial charge in [0.1, 0.15) is 6.61 Å². The highest BCUT2D eigenvalue weighted by atomic mass is 127. The first-order chi connectivity index (χ1) is 15.0. The van der Waals surface area contributed by atoms with Crippen molar-refractivity contribution in [3.63, 3.8) is 0 Å². The molecule has 2 aromatic rings. The SMILES string of the molecule is CCOc1cc(/C=N/NC(=O)CN2CCOCC2)cc(I)c1OCc1cccc(C)c1. The third-order valence-corrected chi connectivity index (χ3v) is 5.47. The lowest BCUT2D eigenvalue weighted by atomic mass is 10.1. The number of aryl methyl sites for hydroxylation is 1. The third-order valence-electron chi connectivity index (χ3n) is 4.67. The van der Waals surface area contributed by atoms with E-state index >= 15 is 0 Å². The normalized spacial score (nSPS) is 14.5. The summed E-state index contributed by atoms with van der Waals surface area (Å²) in [4.78, 5) is 14.1. The van der Waals surface area contributed by atoms with Crippen LogP contribution in [0.4, 0.5) is 0 Å². The Kier molecular flexibility index (Phi) is 9.11. The van der Waals surface area contributed by atoms with Gasteiger partial charge in [0.05, 0.1) is 36.2 Å². The second-order valence-electron chi connectivity index (χ2n) is 7.22. The van der Waals surface area contributed by atoms with Gasteiger partial charge in [0.25, 0.3) is 5.91 Å². The predicted molar refractivity (Wildman–Crippen MR) is 129 cm³/mol. The van der Waals surface area contributed by atoms with Crippen LogP contribution >= 0.6 is 22.6 Å². The van der Waals surface area contributed by atoms with Crippen LogP contribution in [-0.2, 0) is 16.1 Å². The van der Waals surface area contributed by atoms with Crippen molar-refractivity contribution in [3.8, 4) is 11.5 Å². The lowest BCUT2D eigenvalue weighted by Crippen LogP contribution is -2.42. The van der Waals surface area contributed by atoms with Crippen LogP contribution in [0.3, 0.4) is 0 Å². The summed E-state index contributed by atoms with van der Waals surface area (Å²) >= 11 is 2.23. The average Bonchev–Trinajstić information content (AvgIpc) is 2.74.